The van der Waals surface area contributed by atoms with Crippen LogP contribution in [-0.4, -0.2) is 13.4 Å². The summed E-state index contributed by atoms with van der Waals surface area (Å²) >= 11 is 0. The van der Waals surface area contributed by atoms with Gasteiger partial charge < -0.3 is 5.32 Å². The SMILES string of the molecule is NS(=O)(=O)c1cccc2c1CNC2Cc1ccccn1. The number of hydrogen-bond acceptors (Lipinski definition) is 4. The third kappa shape index (κ3) is 2.45. The Bertz CT molecular complexity index is 729. The van der Waals surface area contributed by atoms with Gasteiger partial charge in [-0.3, -0.25) is 4.98 Å². The van der Waals surface area contributed by atoms with Crippen LogP contribution in [0.4, 0.5) is 0 Å². The Morgan fingerprint density at radius 1 is 1.25 bits per heavy atom. The Labute approximate surface area is 117 Å². The van der Waals surface area contributed by atoms with Crippen LogP contribution < -0.4 is 10.5 Å². The molecule has 0 saturated heterocycles. The summed E-state index contributed by atoms with van der Waals surface area (Å²) in [5, 5.41) is 8.58. The number of rotatable bonds is 3. The number of benzene rings is 1. The van der Waals surface area contributed by atoms with Gasteiger partial charge in [-0.1, -0.05) is 18.2 Å². The molecule has 1 aromatic carbocycles. The lowest BCUT2D eigenvalue weighted by Gasteiger charge is -2.12. The van der Waals surface area contributed by atoms with Gasteiger partial charge in [-0.15, -0.1) is 0 Å². The lowest BCUT2D eigenvalue weighted by Crippen LogP contribution is -2.15. The maximum absolute atomic E-state index is 11.6. The summed E-state index contributed by atoms with van der Waals surface area (Å²) in [4.78, 5) is 4.52. The van der Waals surface area contributed by atoms with Gasteiger partial charge in [-0.05, 0) is 29.3 Å². The van der Waals surface area contributed by atoms with Gasteiger partial charge in [0.1, 0.15) is 0 Å². The van der Waals surface area contributed by atoms with Crippen molar-refractivity contribution < 1.29 is 8.42 Å². The number of pyridine rings is 1. The van der Waals surface area contributed by atoms with Crippen molar-refractivity contribution >= 4 is 10.0 Å². The standard InChI is InChI=1S/C14H15N3O2S/c15-20(18,19)14-6-3-5-11-12(14)9-17-13(11)8-10-4-1-2-7-16-10/h1-7,13,17H,8-9H2,(H2,15,18,19). The van der Waals surface area contributed by atoms with E-state index in [2.05, 4.69) is 10.3 Å². The van der Waals surface area contributed by atoms with E-state index in [9.17, 15) is 8.42 Å². The fourth-order valence-electron chi connectivity index (χ4n) is 2.61. The minimum Gasteiger partial charge on any atom is -0.305 e. The molecule has 0 spiro atoms. The second-order valence-electron chi connectivity index (χ2n) is 4.83. The molecule has 3 N–H and O–H groups in total. The summed E-state index contributed by atoms with van der Waals surface area (Å²) in [6, 6.07) is 11.1. The quantitative estimate of drug-likeness (QED) is 0.886. The highest BCUT2D eigenvalue weighted by Gasteiger charge is 2.27. The molecular weight excluding hydrogens is 274 g/mol. The zero-order valence-electron chi connectivity index (χ0n) is 10.8. The lowest BCUT2D eigenvalue weighted by atomic mass is 10.0. The number of nitrogens with zero attached hydrogens (tertiary/aromatic N) is 1. The third-order valence-corrected chi connectivity index (χ3v) is 4.51. The average molecular weight is 289 g/mol. The van der Waals surface area contributed by atoms with Crippen LogP contribution >= 0.6 is 0 Å². The predicted octanol–water partition coefficient (Wildman–Crippen LogP) is 1.12. The van der Waals surface area contributed by atoms with E-state index < -0.39 is 10.0 Å². The van der Waals surface area contributed by atoms with Crippen molar-refractivity contribution in [2.45, 2.75) is 23.9 Å². The molecule has 104 valence electrons. The average Bonchev–Trinajstić information content (AvgIpc) is 2.82. The third-order valence-electron chi connectivity index (χ3n) is 3.52. The van der Waals surface area contributed by atoms with E-state index in [1.54, 1.807) is 18.3 Å². The zero-order valence-corrected chi connectivity index (χ0v) is 11.6. The summed E-state index contributed by atoms with van der Waals surface area (Å²) in [5.41, 5.74) is 2.73. The largest absolute Gasteiger partial charge is 0.305 e. The predicted molar refractivity (Wildman–Crippen MR) is 75.3 cm³/mol. The van der Waals surface area contributed by atoms with Crippen LogP contribution in [-0.2, 0) is 23.0 Å². The van der Waals surface area contributed by atoms with E-state index in [1.807, 2.05) is 24.3 Å². The fourth-order valence-corrected chi connectivity index (χ4v) is 3.41. The Hall–Kier alpha value is -1.76. The first-order valence-corrected chi connectivity index (χ1v) is 7.88. The topological polar surface area (TPSA) is 85.1 Å². The van der Waals surface area contributed by atoms with E-state index in [4.69, 9.17) is 5.14 Å². The number of nitrogens with two attached hydrogens (primary N) is 1. The summed E-state index contributed by atoms with van der Waals surface area (Å²) < 4.78 is 23.2. The molecule has 0 bridgehead atoms. The number of primary sulfonamides is 1. The first-order valence-electron chi connectivity index (χ1n) is 6.33. The fraction of sp³-hybridized carbons (Fsp3) is 0.214. The van der Waals surface area contributed by atoms with Gasteiger partial charge in [0.25, 0.3) is 0 Å². The molecule has 3 rings (SSSR count). The van der Waals surface area contributed by atoms with Crippen molar-refractivity contribution in [3.05, 3.63) is 59.4 Å². The van der Waals surface area contributed by atoms with Crippen molar-refractivity contribution in [2.75, 3.05) is 0 Å². The van der Waals surface area contributed by atoms with Crippen LogP contribution in [0.3, 0.4) is 0 Å². The second kappa shape index (κ2) is 4.97. The number of aromatic nitrogens is 1. The molecule has 0 fully saturated rings. The van der Waals surface area contributed by atoms with Crippen molar-refractivity contribution in [3.63, 3.8) is 0 Å². The van der Waals surface area contributed by atoms with Crippen LogP contribution in [0, 0.1) is 0 Å². The van der Waals surface area contributed by atoms with Crippen molar-refractivity contribution in [1.82, 2.24) is 10.3 Å². The van der Waals surface area contributed by atoms with Gasteiger partial charge in [-0.2, -0.15) is 0 Å². The second-order valence-corrected chi connectivity index (χ2v) is 6.36. The summed E-state index contributed by atoms with van der Waals surface area (Å²) in [6.07, 6.45) is 2.48. The van der Waals surface area contributed by atoms with Crippen LogP contribution in [0.2, 0.25) is 0 Å². The summed E-state index contributed by atoms with van der Waals surface area (Å²) in [5.74, 6) is 0. The Morgan fingerprint density at radius 2 is 2.10 bits per heavy atom. The molecule has 0 saturated carbocycles. The van der Waals surface area contributed by atoms with E-state index in [-0.39, 0.29) is 10.9 Å². The van der Waals surface area contributed by atoms with Crippen LogP contribution in [0.15, 0.2) is 47.5 Å². The highest BCUT2D eigenvalue weighted by Crippen LogP contribution is 2.31. The molecule has 6 heteroatoms. The van der Waals surface area contributed by atoms with E-state index in [0.717, 1.165) is 23.2 Å². The molecule has 1 atom stereocenters. The monoisotopic (exact) mass is 289 g/mol. The van der Waals surface area contributed by atoms with Crippen molar-refractivity contribution in [1.29, 1.82) is 0 Å². The molecule has 0 aliphatic carbocycles. The highest BCUT2D eigenvalue weighted by atomic mass is 32.2. The lowest BCUT2D eigenvalue weighted by molar-refractivity contribution is 0.573. The molecule has 0 radical (unpaired) electrons. The van der Waals surface area contributed by atoms with Crippen LogP contribution in [0.1, 0.15) is 22.9 Å². The van der Waals surface area contributed by atoms with Gasteiger partial charge in [0.15, 0.2) is 0 Å². The van der Waals surface area contributed by atoms with Crippen LogP contribution in [0.5, 0.6) is 0 Å². The normalized spacial score (nSPS) is 17.9. The molecule has 1 unspecified atom stereocenters. The molecular formula is C14H15N3O2S. The van der Waals surface area contributed by atoms with Gasteiger partial charge in [-0.25, -0.2) is 13.6 Å². The number of sulfonamides is 1. The van der Waals surface area contributed by atoms with Gasteiger partial charge in [0.2, 0.25) is 10.0 Å². The smallest absolute Gasteiger partial charge is 0.238 e. The first-order chi connectivity index (χ1) is 9.55. The molecule has 5 nitrogen and oxygen atoms in total. The number of hydrogen-bond donors (Lipinski definition) is 2. The molecule has 0 amide bonds. The van der Waals surface area contributed by atoms with Crippen molar-refractivity contribution in [3.8, 4) is 0 Å². The van der Waals surface area contributed by atoms with Gasteiger partial charge >= 0.3 is 0 Å². The molecule has 1 aromatic heterocycles. The van der Waals surface area contributed by atoms with E-state index in [0.29, 0.717) is 6.54 Å². The van der Waals surface area contributed by atoms with E-state index in [1.165, 1.54) is 0 Å². The Morgan fingerprint density at radius 3 is 2.80 bits per heavy atom. The molecule has 20 heavy (non-hydrogen) atoms. The van der Waals surface area contributed by atoms with Gasteiger partial charge in [0.05, 0.1) is 4.90 Å². The van der Waals surface area contributed by atoms with E-state index >= 15 is 0 Å². The Kier molecular flexibility index (Phi) is 3.29. The van der Waals surface area contributed by atoms with Crippen molar-refractivity contribution in [2.24, 2.45) is 5.14 Å². The van der Waals surface area contributed by atoms with Crippen LogP contribution in [0.25, 0.3) is 0 Å². The zero-order chi connectivity index (χ0) is 14.2. The highest BCUT2D eigenvalue weighted by molar-refractivity contribution is 7.89. The number of fused-ring (bicyclic) bond motifs is 1. The maximum Gasteiger partial charge on any atom is 0.238 e. The summed E-state index contributed by atoms with van der Waals surface area (Å²) in [6.45, 7) is 0.513. The molecule has 2 aromatic rings. The molecule has 1 aliphatic heterocycles. The first kappa shape index (κ1) is 13.2. The number of nitrogens with one attached hydrogen (secondary N) is 1. The minimum absolute atomic E-state index is 0.0709. The molecule has 2 heterocycles. The summed E-state index contributed by atoms with van der Waals surface area (Å²) in [7, 11) is -3.68. The maximum atomic E-state index is 11.6. The van der Waals surface area contributed by atoms with Gasteiger partial charge in [0, 0.05) is 30.9 Å². The molecule has 1 aliphatic rings. The minimum atomic E-state index is -3.68. The Balaban J connectivity index is 1.95.